The van der Waals surface area contributed by atoms with Crippen LogP contribution in [0.15, 0.2) is 24.3 Å². The van der Waals surface area contributed by atoms with Gasteiger partial charge in [0, 0.05) is 12.0 Å². The normalized spacial score (nSPS) is 16.4. The zero-order valence-corrected chi connectivity index (χ0v) is 17.5. The van der Waals surface area contributed by atoms with Crippen molar-refractivity contribution in [2.75, 3.05) is 11.3 Å². The Balaban J connectivity index is 2.02. The van der Waals surface area contributed by atoms with E-state index in [1.165, 1.54) is 19.1 Å². The first-order valence-electron chi connectivity index (χ1n) is 9.53. The Hall–Kier alpha value is -2.10. The van der Waals surface area contributed by atoms with Gasteiger partial charge in [-0.15, -0.1) is 0 Å². The maximum absolute atomic E-state index is 14.7. The molecule has 1 atom stereocenters. The van der Waals surface area contributed by atoms with Crippen LogP contribution in [0.4, 0.5) is 18.9 Å². The first kappa shape index (κ1) is 22.6. The van der Waals surface area contributed by atoms with Crippen LogP contribution in [0.25, 0.3) is 0 Å². The molecule has 0 aliphatic heterocycles. The fraction of sp³-hybridized carbons (Fsp3) is 0.429. The van der Waals surface area contributed by atoms with Crippen molar-refractivity contribution in [2.45, 2.75) is 50.4 Å². The van der Waals surface area contributed by atoms with Crippen molar-refractivity contribution in [3.05, 3.63) is 64.0 Å². The number of aryl methyl sites for hydroxylation is 2. The lowest BCUT2D eigenvalue weighted by Crippen LogP contribution is -2.35. The number of aliphatic hydroxyl groups excluding tert-OH is 2. The summed E-state index contributed by atoms with van der Waals surface area (Å²) in [6, 6.07) is 5.22. The molecule has 3 N–H and O–H groups in total. The lowest BCUT2D eigenvalue weighted by molar-refractivity contribution is 0.0858. The zero-order valence-electron chi connectivity index (χ0n) is 16.7. The molecule has 9 heteroatoms. The number of anilines is 1. The van der Waals surface area contributed by atoms with Crippen LogP contribution < -0.4 is 4.72 Å². The first-order chi connectivity index (χ1) is 14.0. The Bertz CT molecular complexity index is 1070. The zero-order chi connectivity index (χ0) is 22.3. The van der Waals surface area contributed by atoms with Gasteiger partial charge in [-0.05, 0) is 61.9 Å². The van der Waals surface area contributed by atoms with E-state index in [0.717, 1.165) is 6.07 Å². The Morgan fingerprint density at radius 2 is 1.80 bits per heavy atom. The second-order valence-corrected chi connectivity index (χ2v) is 10.0. The molecule has 0 aromatic heterocycles. The van der Waals surface area contributed by atoms with Crippen molar-refractivity contribution < 1.29 is 31.8 Å². The summed E-state index contributed by atoms with van der Waals surface area (Å²) in [4.78, 5) is 0. The number of aliphatic hydroxyl groups is 2. The number of sulfonamides is 1. The van der Waals surface area contributed by atoms with Crippen LogP contribution in [-0.2, 0) is 16.4 Å². The third-order valence-electron chi connectivity index (χ3n) is 5.52. The van der Waals surface area contributed by atoms with Crippen molar-refractivity contribution in [1.82, 2.24) is 0 Å². The van der Waals surface area contributed by atoms with Crippen LogP contribution in [0.3, 0.4) is 0 Å². The molecule has 0 spiro atoms. The summed E-state index contributed by atoms with van der Waals surface area (Å²) in [6.45, 7) is 2.53. The highest BCUT2D eigenvalue weighted by Gasteiger charge is 2.55. The Kier molecular flexibility index (Phi) is 6.18. The highest BCUT2D eigenvalue weighted by molar-refractivity contribution is 7.94. The van der Waals surface area contributed by atoms with E-state index in [-0.39, 0.29) is 48.1 Å². The molecule has 1 saturated carbocycles. The second-order valence-electron chi connectivity index (χ2n) is 7.94. The average molecular weight is 443 g/mol. The second kappa shape index (κ2) is 8.20. The van der Waals surface area contributed by atoms with E-state index >= 15 is 0 Å². The lowest BCUT2D eigenvalue weighted by atomic mass is 9.98. The molecule has 164 valence electrons. The van der Waals surface area contributed by atoms with Crippen LogP contribution in [-0.4, -0.2) is 36.1 Å². The molecule has 30 heavy (non-hydrogen) atoms. The molecule has 1 aliphatic carbocycles. The van der Waals surface area contributed by atoms with Gasteiger partial charge in [-0.2, -0.15) is 0 Å². The summed E-state index contributed by atoms with van der Waals surface area (Å²) in [7, 11) is -4.09. The van der Waals surface area contributed by atoms with Crippen LogP contribution in [0, 0.1) is 31.3 Å². The quantitative estimate of drug-likeness (QED) is 0.584. The SMILES string of the molecule is Cc1ccc(Cc2c(F)c(F)cc(C)c2NS(=O)(=O)C2(CC(O)CO)CC2)c(F)c1. The molecule has 0 heterocycles. The topological polar surface area (TPSA) is 86.6 Å². The molecule has 3 rings (SSSR count). The van der Waals surface area contributed by atoms with Crippen molar-refractivity contribution in [3.8, 4) is 0 Å². The Labute approximate surface area is 173 Å². The summed E-state index contributed by atoms with van der Waals surface area (Å²) in [6.07, 6.45) is -1.20. The van der Waals surface area contributed by atoms with Gasteiger partial charge in [0.15, 0.2) is 11.6 Å². The number of rotatable bonds is 8. The maximum Gasteiger partial charge on any atom is 0.238 e. The molecule has 5 nitrogen and oxygen atoms in total. The Morgan fingerprint density at radius 1 is 1.13 bits per heavy atom. The molecule has 1 fully saturated rings. The van der Waals surface area contributed by atoms with Gasteiger partial charge >= 0.3 is 0 Å². The van der Waals surface area contributed by atoms with Crippen molar-refractivity contribution in [2.24, 2.45) is 0 Å². The number of hydrogen-bond acceptors (Lipinski definition) is 4. The van der Waals surface area contributed by atoms with Crippen LogP contribution in [0.2, 0.25) is 0 Å². The predicted octanol–water partition coefficient (Wildman–Crippen LogP) is 3.33. The summed E-state index contributed by atoms with van der Waals surface area (Å²) in [5.74, 6) is -3.01. The third kappa shape index (κ3) is 4.33. The van der Waals surface area contributed by atoms with Crippen molar-refractivity contribution in [1.29, 1.82) is 0 Å². The standard InChI is InChI=1S/C21H24F3NO4S/c1-12-3-4-14(17(22)7-12)9-16-19(24)18(23)8-13(2)20(16)25-30(28,29)21(5-6-21)10-15(27)11-26/h3-4,7-8,15,25-27H,5-6,9-11H2,1-2H3. The molecular formula is C21H24F3NO4S. The van der Waals surface area contributed by atoms with Crippen molar-refractivity contribution in [3.63, 3.8) is 0 Å². The fourth-order valence-electron chi connectivity index (χ4n) is 3.57. The summed E-state index contributed by atoms with van der Waals surface area (Å²) in [5, 5.41) is 18.8. The first-order valence-corrected chi connectivity index (χ1v) is 11.0. The summed E-state index contributed by atoms with van der Waals surface area (Å²) < 4.78 is 70.2. The van der Waals surface area contributed by atoms with E-state index in [9.17, 15) is 26.7 Å². The van der Waals surface area contributed by atoms with Gasteiger partial charge in [0.05, 0.1) is 23.1 Å². The predicted molar refractivity (Wildman–Crippen MR) is 107 cm³/mol. The minimum atomic E-state index is -4.09. The van der Waals surface area contributed by atoms with E-state index < -0.39 is 44.9 Å². The van der Waals surface area contributed by atoms with Gasteiger partial charge < -0.3 is 10.2 Å². The smallest absolute Gasteiger partial charge is 0.238 e. The number of nitrogens with one attached hydrogen (secondary N) is 1. The number of benzene rings is 2. The minimum Gasteiger partial charge on any atom is -0.394 e. The fourth-order valence-corrected chi connectivity index (χ4v) is 5.39. The summed E-state index contributed by atoms with van der Waals surface area (Å²) in [5.41, 5.74) is 0.474. The maximum atomic E-state index is 14.7. The summed E-state index contributed by atoms with van der Waals surface area (Å²) >= 11 is 0. The lowest BCUT2D eigenvalue weighted by Gasteiger charge is -2.23. The largest absolute Gasteiger partial charge is 0.394 e. The van der Waals surface area contributed by atoms with Gasteiger partial charge in [0.1, 0.15) is 5.82 Å². The van der Waals surface area contributed by atoms with E-state index in [4.69, 9.17) is 5.11 Å². The van der Waals surface area contributed by atoms with E-state index in [1.807, 2.05) is 0 Å². The van der Waals surface area contributed by atoms with Gasteiger partial charge in [-0.1, -0.05) is 12.1 Å². The molecule has 2 aromatic rings. The average Bonchev–Trinajstić information content (AvgIpc) is 3.45. The molecule has 0 amide bonds. The molecular weight excluding hydrogens is 419 g/mol. The third-order valence-corrected chi connectivity index (χ3v) is 7.71. The van der Waals surface area contributed by atoms with Gasteiger partial charge in [-0.25, -0.2) is 21.6 Å². The highest BCUT2D eigenvalue weighted by Crippen LogP contribution is 2.48. The van der Waals surface area contributed by atoms with Crippen molar-refractivity contribution >= 4 is 15.7 Å². The van der Waals surface area contributed by atoms with Crippen LogP contribution in [0.5, 0.6) is 0 Å². The minimum absolute atomic E-state index is 0.0989. The molecule has 0 saturated heterocycles. The highest BCUT2D eigenvalue weighted by atomic mass is 32.2. The van der Waals surface area contributed by atoms with E-state index in [2.05, 4.69) is 4.72 Å². The van der Waals surface area contributed by atoms with Gasteiger partial charge in [-0.3, -0.25) is 4.72 Å². The van der Waals surface area contributed by atoms with Crippen LogP contribution in [0.1, 0.15) is 41.5 Å². The van der Waals surface area contributed by atoms with Gasteiger partial charge in [0.2, 0.25) is 10.0 Å². The molecule has 0 bridgehead atoms. The molecule has 1 unspecified atom stereocenters. The molecule has 0 radical (unpaired) electrons. The Morgan fingerprint density at radius 3 is 2.37 bits per heavy atom. The number of hydrogen-bond donors (Lipinski definition) is 3. The van der Waals surface area contributed by atoms with Crippen LogP contribution >= 0.6 is 0 Å². The molecule has 1 aliphatic rings. The number of halogens is 3. The monoisotopic (exact) mass is 443 g/mol. The molecule has 2 aromatic carbocycles. The van der Waals surface area contributed by atoms with E-state index in [1.54, 1.807) is 13.0 Å². The van der Waals surface area contributed by atoms with Gasteiger partial charge in [0.25, 0.3) is 0 Å². The van der Waals surface area contributed by atoms with E-state index in [0.29, 0.717) is 5.56 Å².